The summed E-state index contributed by atoms with van der Waals surface area (Å²) < 4.78 is 11.1. The van der Waals surface area contributed by atoms with Crippen molar-refractivity contribution in [3.63, 3.8) is 0 Å². The lowest BCUT2D eigenvalue weighted by Crippen LogP contribution is -2.36. The van der Waals surface area contributed by atoms with Gasteiger partial charge in [0, 0.05) is 18.4 Å². The summed E-state index contributed by atoms with van der Waals surface area (Å²) >= 11 is 0. The Kier molecular flexibility index (Phi) is 25.5. The molecule has 37 heavy (non-hydrogen) atoms. The third-order valence-corrected chi connectivity index (χ3v) is 7.61. The SMILES string of the molecule is CCCCCCCCCCCCCCCCCCNC(=O)OCC(CC)(CCCC)COC(=O)CCC. The molecule has 0 saturated heterocycles. The largest absolute Gasteiger partial charge is 0.465 e. The first-order valence-electron chi connectivity index (χ1n) is 16.1. The van der Waals surface area contributed by atoms with Crippen LogP contribution in [0.25, 0.3) is 0 Å². The van der Waals surface area contributed by atoms with Gasteiger partial charge in [-0.2, -0.15) is 0 Å². The lowest BCUT2D eigenvalue weighted by atomic mass is 9.81. The lowest BCUT2D eigenvalue weighted by Gasteiger charge is -2.31. The van der Waals surface area contributed by atoms with Gasteiger partial charge in [0.1, 0.15) is 13.2 Å². The minimum absolute atomic E-state index is 0.162. The van der Waals surface area contributed by atoms with Crippen molar-refractivity contribution in [2.45, 2.75) is 169 Å². The minimum atomic E-state index is -0.352. The van der Waals surface area contributed by atoms with Crippen molar-refractivity contribution in [1.29, 1.82) is 0 Å². The summed E-state index contributed by atoms with van der Waals surface area (Å²) in [6.45, 7) is 9.77. The molecule has 0 heterocycles. The molecule has 0 aliphatic heterocycles. The smallest absolute Gasteiger partial charge is 0.407 e. The zero-order valence-corrected chi connectivity index (χ0v) is 25.3. The van der Waals surface area contributed by atoms with Gasteiger partial charge in [-0.25, -0.2) is 4.79 Å². The summed E-state index contributed by atoms with van der Waals surface area (Å²) in [5.74, 6) is -0.162. The highest BCUT2D eigenvalue weighted by Gasteiger charge is 2.31. The molecule has 0 radical (unpaired) electrons. The van der Waals surface area contributed by atoms with Gasteiger partial charge >= 0.3 is 12.1 Å². The number of esters is 1. The second-order valence-electron chi connectivity index (χ2n) is 11.2. The first-order valence-corrected chi connectivity index (χ1v) is 16.1. The van der Waals surface area contributed by atoms with E-state index in [4.69, 9.17) is 9.47 Å². The molecule has 0 bridgehead atoms. The predicted molar refractivity (Wildman–Crippen MR) is 157 cm³/mol. The Morgan fingerprint density at radius 3 is 1.49 bits per heavy atom. The zero-order valence-electron chi connectivity index (χ0n) is 25.3. The van der Waals surface area contributed by atoms with Gasteiger partial charge in [-0.15, -0.1) is 0 Å². The number of nitrogens with one attached hydrogen (secondary N) is 1. The maximum atomic E-state index is 12.2. The van der Waals surface area contributed by atoms with Crippen LogP contribution in [0.15, 0.2) is 0 Å². The molecule has 0 fully saturated rings. The molecular weight excluding hydrogens is 462 g/mol. The number of unbranched alkanes of at least 4 members (excludes halogenated alkanes) is 16. The van der Waals surface area contributed by atoms with Crippen LogP contribution in [0.1, 0.15) is 169 Å². The van der Waals surface area contributed by atoms with Crippen LogP contribution in [-0.2, 0) is 14.3 Å². The molecule has 1 atom stereocenters. The molecule has 0 aliphatic carbocycles. The Morgan fingerprint density at radius 2 is 1.03 bits per heavy atom. The van der Waals surface area contributed by atoms with E-state index in [0.29, 0.717) is 26.2 Å². The van der Waals surface area contributed by atoms with E-state index in [1.165, 1.54) is 89.9 Å². The van der Waals surface area contributed by atoms with Crippen LogP contribution in [0.2, 0.25) is 0 Å². The fourth-order valence-corrected chi connectivity index (χ4v) is 4.76. The van der Waals surface area contributed by atoms with E-state index in [1.807, 2.05) is 6.92 Å². The molecule has 220 valence electrons. The Balaban J connectivity index is 3.77. The van der Waals surface area contributed by atoms with Crippen LogP contribution in [0.5, 0.6) is 0 Å². The van der Waals surface area contributed by atoms with Crippen molar-refractivity contribution in [2.24, 2.45) is 5.41 Å². The number of ether oxygens (including phenoxy) is 2. The van der Waals surface area contributed by atoms with Gasteiger partial charge in [-0.3, -0.25) is 4.79 Å². The molecule has 0 aromatic carbocycles. The molecule has 5 nitrogen and oxygen atoms in total. The molecule has 0 rings (SSSR count). The van der Waals surface area contributed by atoms with Crippen LogP contribution in [0.4, 0.5) is 4.79 Å². The van der Waals surface area contributed by atoms with Crippen molar-refractivity contribution in [1.82, 2.24) is 5.32 Å². The molecule has 1 N–H and O–H groups in total. The number of alkyl carbamates (subject to hydrolysis) is 1. The Morgan fingerprint density at radius 1 is 0.568 bits per heavy atom. The monoisotopic (exact) mass is 525 g/mol. The molecule has 0 saturated carbocycles. The molecule has 0 aliphatic rings. The molecule has 0 aromatic heterocycles. The van der Waals surface area contributed by atoms with Crippen LogP contribution >= 0.6 is 0 Å². The van der Waals surface area contributed by atoms with Crippen molar-refractivity contribution < 1.29 is 19.1 Å². The fourth-order valence-electron chi connectivity index (χ4n) is 4.76. The van der Waals surface area contributed by atoms with E-state index >= 15 is 0 Å². The summed E-state index contributed by atoms with van der Waals surface area (Å²) in [7, 11) is 0. The Hall–Kier alpha value is -1.26. The average Bonchev–Trinajstić information content (AvgIpc) is 2.90. The third kappa shape index (κ3) is 22.4. The quantitative estimate of drug-likeness (QED) is 0.0856. The van der Waals surface area contributed by atoms with Gasteiger partial charge in [0.25, 0.3) is 0 Å². The number of carbonyl (C=O) groups excluding carboxylic acids is 2. The number of rotatable bonds is 27. The second-order valence-corrected chi connectivity index (χ2v) is 11.2. The van der Waals surface area contributed by atoms with E-state index in [-0.39, 0.29) is 17.5 Å². The van der Waals surface area contributed by atoms with Crippen molar-refractivity contribution in [3.8, 4) is 0 Å². The van der Waals surface area contributed by atoms with E-state index < -0.39 is 0 Å². The van der Waals surface area contributed by atoms with E-state index in [2.05, 4.69) is 26.1 Å². The van der Waals surface area contributed by atoms with Crippen LogP contribution in [0, 0.1) is 5.41 Å². The number of amides is 1. The first kappa shape index (κ1) is 35.7. The molecule has 0 spiro atoms. The Labute approximate surface area is 230 Å². The van der Waals surface area contributed by atoms with Gasteiger partial charge < -0.3 is 14.8 Å². The van der Waals surface area contributed by atoms with Crippen LogP contribution in [0.3, 0.4) is 0 Å². The summed E-state index contributed by atoms with van der Waals surface area (Å²) in [6.07, 6.45) is 26.2. The standard InChI is InChI=1S/C32H63NO4/c1-5-9-11-12-13-14-15-16-17-18-19-20-21-22-23-24-27-33-31(35)37-29-32(8-4,26-10-6-2)28-36-30(34)25-7-3/h5-29H2,1-4H3,(H,33,35). The van der Waals surface area contributed by atoms with Crippen LogP contribution < -0.4 is 5.32 Å². The van der Waals surface area contributed by atoms with Gasteiger partial charge in [-0.1, -0.05) is 137 Å². The summed E-state index contributed by atoms with van der Waals surface area (Å²) in [4.78, 5) is 24.1. The highest BCUT2D eigenvalue weighted by atomic mass is 16.6. The van der Waals surface area contributed by atoms with Crippen molar-refractivity contribution >= 4 is 12.1 Å². The summed E-state index contributed by atoms with van der Waals surface area (Å²) in [5, 5.41) is 2.90. The van der Waals surface area contributed by atoms with Gasteiger partial charge in [0.05, 0.1) is 0 Å². The maximum absolute atomic E-state index is 12.2. The summed E-state index contributed by atoms with van der Waals surface area (Å²) in [5.41, 5.74) is -0.287. The maximum Gasteiger partial charge on any atom is 0.407 e. The van der Waals surface area contributed by atoms with Gasteiger partial charge in [0.15, 0.2) is 0 Å². The highest BCUT2D eigenvalue weighted by Crippen LogP contribution is 2.30. The normalized spacial score (nSPS) is 12.8. The van der Waals surface area contributed by atoms with Crippen LogP contribution in [-0.4, -0.2) is 31.8 Å². The predicted octanol–water partition coefficient (Wildman–Crippen LogP) is 9.90. The van der Waals surface area contributed by atoms with Crippen molar-refractivity contribution in [3.05, 3.63) is 0 Å². The fraction of sp³-hybridized carbons (Fsp3) is 0.938. The van der Waals surface area contributed by atoms with Crippen molar-refractivity contribution in [2.75, 3.05) is 19.8 Å². The van der Waals surface area contributed by atoms with Gasteiger partial charge in [0.2, 0.25) is 0 Å². The first-order chi connectivity index (χ1) is 18.0. The van der Waals surface area contributed by atoms with Gasteiger partial charge in [-0.05, 0) is 25.7 Å². The average molecular weight is 526 g/mol. The number of carbonyl (C=O) groups is 2. The highest BCUT2D eigenvalue weighted by molar-refractivity contribution is 5.69. The second kappa shape index (κ2) is 26.4. The number of hydrogen-bond donors (Lipinski definition) is 1. The van der Waals surface area contributed by atoms with E-state index in [9.17, 15) is 9.59 Å². The van der Waals surface area contributed by atoms with E-state index in [0.717, 1.165) is 44.9 Å². The molecular formula is C32H63NO4. The minimum Gasteiger partial charge on any atom is -0.465 e. The third-order valence-electron chi connectivity index (χ3n) is 7.61. The topological polar surface area (TPSA) is 64.6 Å². The molecule has 1 amide bonds. The van der Waals surface area contributed by atoms with E-state index in [1.54, 1.807) is 0 Å². The zero-order chi connectivity index (χ0) is 27.5. The Bertz CT molecular complexity index is 525. The molecule has 0 aromatic rings. The summed E-state index contributed by atoms with van der Waals surface area (Å²) in [6, 6.07) is 0. The number of hydrogen-bond acceptors (Lipinski definition) is 4. The molecule has 5 heteroatoms. The molecule has 1 unspecified atom stereocenters. The lowest BCUT2D eigenvalue weighted by molar-refractivity contribution is -0.148.